The van der Waals surface area contributed by atoms with Crippen LogP contribution >= 0.6 is 0 Å². The number of esters is 1. The molecule has 0 N–H and O–H groups in total. The van der Waals surface area contributed by atoms with Crippen LogP contribution in [0.3, 0.4) is 0 Å². The van der Waals surface area contributed by atoms with Crippen LogP contribution in [-0.4, -0.2) is 12.6 Å². The molecule has 0 saturated heterocycles. The third-order valence-electron chi connectivity index (χ3n) is 2.77. The molecule has 0 amide bonds. The maximum Gasteiger partial charge on any atom is 0.341 e. The molecule has 1 aromatic heterocycles. The zero-order valence-electron chi connectivity index (χ0n) is 10.6. The molecule has 0 aliphatic rings. The molecule has 0 saturated carbocycles. The van der Waals surface area contributed by atoms with E-state index in [1.165, 1.54) is 0 Å². The summed E-state index contributed by atoms with van der Waals surface area (Å²) in [6, 6.07) is 9.98. The van der Waals surface area contributed by atoms with E-state index < -0.39 is 0 Å². The molecular weight excluding hydrogens is 228 g/mol. The van der Waals surface area contributed by atoms with E-state index in [9.17, 15) is 4.79 Å². The van der Waals surface area contributed by atoms with E-state index in [0.29, 0.717) is 24.4 Å². The fourth-order valence-corrected chi connectivity index (χ4v) is 1.93. The Kier molecular flexibility index (Phi) is 3.82. The van der Waals surface area contributed by atoms with E-state index >= 15 is 0 Å². The van der Waals surface area contributed by atoms with Crippen LogP contribution in [0.15, 0.2) is 41.0 Å². The van der Waals surface area contributed by atoms with Gasteiger partial charge in [0.25, 0.3) is 0 Å². The Bertz CT molecular complexity index is 526. The van der Waals surface area contributed by atoms with Crippen LogP contribution in [0, 0.1) is 6.92 Å². The molecule has 94 valence electrons. The molecule has 0 atom stereocenters. The average Bonchev–Trinajstić information content (AvgIpc) is 2.72. The Balaban J connectivity index is 2.26. The minimum atomic E-state index is -0.310. The van der Waals surface area contributed by atoms with E-state index in [1.54, 1.807) is 20.1 Å². The van der Waals surface area contributed by atoms with E-state index in [0.717, 1.165) is 11.1 Å². The normalized spacial score (nSPS) is 10.3. The van der Waals surface area contributed by atoms with Gasteiger partial charge in [0.1, 0.15) is 11.3 Å². The molecule has 0 unspecified atom stereocenters. The summed E-state index contributed by atoms with van der Waals surface area (Å²) >= 11 is 0. The van der Waals surface area contributed by atoms with Crippen molar-refractivity contribution in [3.05, 3.63) is 59.0 Å². The van der Waals surface area contributed by atoms with Gasteiger partial charge < -0.3 is 9.15 Å². The minimum absolute atomic E-state index is 0.310. The lowest BCUT2D eigenvalue weighted by Gasteiger charge is -2.04. The summed E-state index contributed by atoms with van der Waals surface area (Å²) in [6.45, 7) is 3.94. The van der Waals surface area contributed by atoms with Gasteiger partial charge in [-0.2, -0.15) is 0 Å². The highest BCUT2D eigenvalue weighted by molar-refractivity contribution is 5.92. The average molecular weight is 244 g/mol. The fraction of sp³-hybridized carbons (Fsp3) is 0.267. The van der Waals surface area contributed by atoms with Gasteiger partial charge in [-0.15, -0.1) is 0 Å². The van der Waals surface area contributed by atoms with Gasteiger partial charge in [-0.25, -0.2) is 4.79 Å². The Morgan fingerprint density at radius 3 is 2.67 bits per heavy atom. The van der Waals surface area contributed by atoms with E-state index in [2.05, 4.69) is 0 Å². The van der Waals surface area contributed by atoms with Crippen LogP contribution in [-0.2, 0) is 11.2 Å². The molecule has 0 spiro atoms. The molecule has 2 aromatic rings. The molecule has 18 heavy (non-hydrogen) atoms. The third kappa shape index (κ3) is 2.62. The zero-order valence-corrected chi connectivity index (χ0v) is 10.6. The van der Waals surface area contributed by atoms with Crippen molar-refractivity contribution in [2.45, 2.75) is 20.3 Å². The Labute approximate surface area is 106 Å². The first-order valence-corrected chi connectivity index (χ1v) is 6.00. The summed E-state index contributed by atoms with van der Waals surface area (Å²) in [4.78, 5) is 11.9. The summed E-state index contributed by atoms with van der Waals surface area (Å²) in [6.07, 6.45) is 2.31. The Hall–Kier alpha value is -2.03. The maximum absolute atomic E-state index is 11.9. The number of carbonyl (C=O) groups excluding carboxylic acids is 1. The van der Waals surface area contributed by atoms with Gasteiger partial charge in [-0.1, -0.05) is 30.3 Å². The molecule has 0 aliphatic carbocycles. The first-order valence-electron chi connectivity index (χ1n) is 6.00. The molecule has 3 nitrogen and oxygen atoms in total. The van der Waals surface area contributed by atoms with Gasteiger partial charge in [-0.05, 0) is 19.4 Å². The lowest BCUT2D eigenvalue weighted by Crippen LogP contribution is -2.08. The minimum Gasteiger partial charge on any atom is -0.468 e. The first kappa shape index (κ1) is 12.4. The highest BCUT2D eigenvalue weighted by atomic mass is 16.5. The van der Waals surface area contributed by atoms with Crippen molar-refractivity contribution in [1.29, 1.82) is 0 Å². The number of benzene rings is 1. The maximum atomic E-state index is 11.9. The van der Waals surface area contributed by atoms with Crippen molar-refractivity contribution in [2.75, 3.05) is 6.61 Å². The highest BCUT2D eigenvalue weighted by Gasteiger charge is 2.19. The van der Waals surface area contributed by atoms with Crippen LogP contribution < -0.4 is 0 Å². The van der Waals surface area contributed by atoms with Crippen molar-refractivity contribution in [3.63, 3.8) is 0 Å². The van der Waals surface area contributed by atoms with Crippen LogP contribution in [0.4, 0.5) is 0 Å². The standard InChI is InChI=1S/C15H16O3/c1-3-17-15(16)14-11(2)18-10-13(14)9-12-7-5-4-6-8-12/h4-8,10H,3,9H2,1-2H3. The number of carbonyl (C=O) groups is 1. The monoisotopic (exact) mass is 244 g/mol. The fourth-order valence-electron chi connectivity index (χ4n) is 1.93. The number of aryl methyl sites for hydroxylation is 1. The molecule has 0 aliphatic heterocycles. The van der Waals surface area contributed by atoms with Crippen molar-refractivity contribution in [3.8, 4) is 0 Å². The molecule has 0 radical (unpaired) electrons. The van der Waals surface area contributed by atoms with Crippen molar-refractivity contribution >= 4 is 5.97 Å². The number of furan rings is 1. The van der Waals surface area contributed by atoms with E-state index in [1.807, 2.05) is 30.3 Å². The van der Waals surface area contributed by atoms with Crippen LogP contribution in [0.25, 0.3) is 0 Å². The number of hydrogen-bond donors (Lipinski definition) is 0. The van der Waals surface area contributed by atoms with Crippen LogP contribution in [0.2, 0.25) is 0 Å². The topological polar surface area (TPSA) is 39.4 Å². The molecular formula is C15H16O3. The lowest BCUT2D eigenvalue weighted by molar-refractivity contribution is 0.0523. The SMILES string of the molecule is CCOC(=O)c1c(Cc2ccccc2)coc1C. The molecule has 0 bridgehead atoms. The van der Waals surface area contributed by atoms with Gasteiger partial charge >= 0.3 is 5.97 Å². The number of hydrogen-bond acceptors (Lipinski definition) is 3. The van der Waals surface area contributed by atoms with Crippen molar-refractivity contribution in [2.24, 2.45) is 0 Å². The third-order valence-corrected chi connectivity index (χ3v) is 2.77. The Morgan fingerprint density at radius 2 is 2.00 bits per heavy atom. The summed E-state index contributed by atoms with van der Waals surface area (Å²) in [5.41, 5.74) is 2.57. The van der Waals surface area contributed by atoms with Gasteiger partial charge in [0.15, 0.2) is 0 Å². The van der Waals surface area contributed by atoms with Crippen LogP contribution in [0.1, 0.15) is 34.2 Å². The van der Waals surface area contributed by atoms with Gasteiger partial charge in [0, 0.05) is 12.0 Å². The smallest absolute Gasteiger partial charge is 0.341 e. The second-order valence-corrected chi connectivity index (χ2v) is 4.07. The highest BCUT2D eigenvalue weighted by Crippen LogP contribution is 2.21. The lowest BCUT2D eigenvalue weighted by atomic mass is 10.0. The van der Waals surface area contributed by atoms with Gasteiger partial charge in [-0.3, -0.25) is 0 Å². The molecule has 1 heterocycles. The van der Waals surface area contributed by atoms with Gasteiger partial charge in [0.2, 0.25) is 0 Å². The quantitative estimate of drug-likeness (QED) is 0.774. The number of rotatable bonds is 4. The molecule has 3 heteroatoms. The summed E-state index contributed by atoms with van der Waals surface area (Å²) in [7, 11) is 0. The molecule has 2 rings (SSSR count). The largest absolute Gasteiger partial charge is 0.468 e. The second kappa shape index (κ2) is 5.54. The Morgan fingerprint density at radius 1 is 1.28 bits per heavy atom. The molecule has 0 fully saturated rings. The number of ether oxygens (including phenoxy) is 1. The van der Waals surface area contributed by atoms with Gasteiger partial charge in [0.05, 0.1) is 12.9 Å². The first-order chi connectivity index (χ1) is 8.72. The predicted octanol–water partition coefficient (Wildman–Crippen LogP) is 3.36. The van der Waals surface area contributed by atoms with E-state index in [-0.39, 0.29) is 5.97 Å². The summed E-state index contributed by atoms with van der Waals surface area (Å²) in [5, 5.41) is 0. The van der Waals surface area contributed by atoms with Crippen molar-refractivity contribution in [1.82, 2.24) is 0 Å². The zero-order chi connectivity index (χ0) is 13.0. The van der Waals surface area contributed by atoms with Crippen molar-refractivity contribution < 1.29 is 13.9 Å². The summed E-state index contributed by atoms with van der Waals surface area (Å²) in [5.74, 6) is 0.300. The van der Waals surface area contributed by atoms with Crippen LogP contribution in [0.5, 0.6) is 0 Å². The van der Waals surface area contributed by atoms with E-state index in [4.69, 9.17) is 9.15 Å². The second-order valence-electron chi connectivity index (χ2n) is 4.07. The predicted molar refractivity (Wildman–Crippen MR) is 68.6 cm³/mol. The summed E-state index contributed by atoms with van der Waals surface area (Å²) < 4.78 is 10.4. The molecule has 1 aromatic carbocycles.